The smallest absolute Gasteiger partial charge is 0.262 e. The lowest BCUT2D eigenvalue weighted by molar-refractivity contribution is -0.121. The predicted molar refractivity (Wildman–Crippen MR) is 112 cm³/mol. The molecule has 0 spiro atoms. The number of Topliss-reactive ketones (excluding diaryl/α,β-unsaturated/α-hetero) is 1. The first kappa shape index (κ1) is 19.2. The first-order valence-electron chi connectivity index (χ1n) is 10.2. The number of hydrogen-bond donors (Lipinski definition) is 0. The monoisotopic (exact) mass is 398 g/mol. The van der Waals surface area contributed by atoms with Gasteiger partial charge in [-0.25, -0.2) is 0 Å². The second kappa shape index (κ2) is 8.47. The van der Waals surface area contributed by atoms with Crippen molar-refractivity contribution in [2.75, 3.05) is 5.75 Å². The molecule has 4 rings (SSSR count). The number of ketones is 1. The van der Waals surface area contributed by atoms with E-state index in [0.717, 1.165) is 44.0 Å². The minimum atomic E-state index is -0.0289. The van der Waals surface area contributed by atoms with Crippen LogP contribution in [0.3, 0.4) is 0 Å². The van der Waals surface area contributed by atoms with E-state index in [1.807, 2.05) is 28.7 Å². The summed E-state index contributed by atoms with van der Waals surface area (Å²) >= 11 is 1.44. The molecule has 0 aliphatic heterocycles. The predicted octanol–water partition coefficient (Wildman–Crippen LogP) is 4.09. The van der Waals surface area contributed by atoms with E-state index < -0.39 is 0 Å². The van der Waals surface area contributed by atoms with Crippen LogP contribution < -0.4 is 5.56 Å². The number of benzene rings is 1. The van der Waals surface area contributed by atoms with Crippen molar-refractivity contribution < 1.29 is 4.79 Å². The van der Waals surface area contributed by atoms with E-state index in [1.54, 1.807) is 4.57 Å². The lowest BCUT2D eigenvalue weighted by atomic mass is 9.87. The number of unbranched alkanes of at least 4 members (excludes halogenated alkanes) is 1. The molecule has 6 nitrogen and oxygen atoms in total. The fourth-order valence-corrected chi connectivity index (χ4v) is 4.94. The van der Waals surface area contributed by atoms with E-state index in [9.17, 15) is 9.59 Å². The Morgan fingerprint density at radius 1 is 1.18 bits per heavy atom. The molecule has 0 N–H and O–H groups in total. The molecular formula is C21H26N4O2S. The van der Waals surface area contributed by atoms with Crippen LogP contribution >= 0.6 is 11.8 Å². The number of rotatable bonds is 7. The Hall–Kier alpha value is -2.15. The molecule has 148 valence electrons. The normalized spacial score (nSPS) is 15.5. The zero-order valence-electron chi connectivity index (χ0n) is 16.3. The number of fused-ring (bicyclic) bond motifs is 3. The average Bonchev–Trinajstić information content (AvgIpc) is 3.16. The van der Waals surface area contributed by atoms with Gasteiger partial charge in [-0.05, 0) is 31.4 Å². The topological polar surface area (TPSA) is 69.3 Å². The summed E-state index contributed by atoms with van der Waals surface area (Å²) in [7, 11) is 0. The zero-order valence-corrected chi connectivity index (χ0v) is 17.1. The summed E-state index contributed by atoms with van der Waals surface area (Å²) < 4.78 is 3.65. The Balaban J connectivity index is 1.70. The molecular weight excluding hydrogens is 372 g/mol. The number of hydrogen-bond acceptors (Lipinski definition) is 5. The van der Waals surface area contributed by atoms with Gasteiger partial charge < -0.3 is 0 Å². The number of thioether (sulfide) groups is 1. The molecule has 1 aliphatic carbocycles. The van der Waals surface area contributed by atoms with E-state index in [-0.39, 0.29) is 11.5 Å². The lowest BCUT2D eigenvalue weighted by Gasteiger charge is -2.19. The van der Waals surface area contributed by atoms with Crippen molar-refractivity contribution in [1.29, 1.82) is 0 Å². The van der Waals surface area contributed by atoms with Gasteiger partial charge in [-0.3, -0.25) is 18.6 Å². The Morgan fingerprint density at radius 3 is 2.75 bits per heavy atom. The lowest BCUT2D eigenvalue weighted by Crippen LogP contribution is -2.23. The van der Waals surface area contributed by atoms with Crippen molar-refractivity contribution in [3.8, 4) is 0 Å². The van der Waals surface area contributed by atoms with Gasteiger partial charge in [0.1, 0.15) is 5.78 Å². The third-order valence-electron chi connectivity index (χ3n) is 5.62. The van der Waals surface area contributed by atoms with Crippen molar-refractivity contribution in [1.82, 2.24) is 19.2 Å². The molecule has 0 bridgehead atoms. The molecule has 1 fully saturated rings. The minimum absolute atomic E-state index is 0.0289. The van der Waals surface area contributed by atoms with Gasteiger partial charge in [0.2, 0.25) is 5.78 Å². The highest BCUT2D eigenvalue weighted by atomic mass is 32.2. The van der Waals surface area contributed by atoms with Crippen molar-refractivity contribution in [3.63, 3.8) is 0 Å². The Morgan fingerprint density at radius 2 is 1.96 bits per heavy atom. The van der Waals surface area contributed by atoms with Gasteiger partial charge in [-0.2, -0.15) is 0 Å². The van der Waals surface area contributed by atoms with Crippen molar-refractivity contribution in [2.45, 2.75) is 63.6 Å². The highest BCUT2D eigenvalue weighted by Gasteiger charge is 2.22. The van der Waals surface area contributed by atoms with Crippen LogP contribution in [-0.4, -0.2) is 30.7 Å². The van der Waals surface area contributed by atoms with Gasteiger partial charge in [0, 0.05) is 12.5 Å². The van der Waals surface area contributed by atoms with E-state index in [2.05, 4.69) is 17.1 Å². The third-order valence-corrected chi connectivity index (χ3v) is 6.57. The fourth-order valence-electron chi connectivity index (χ4n) is 4.02. The summed E-state index contributed by atoms with van der Waals surface area (Å²) in [5.41, 5.74) is 0.770. The molecule has 0 unspecified atom stereocenters. The molecule has 2 heterocycles. The Bertz CT molecular complexity index is 1050. The maximum Gasteiger partial charge on any atom is 0.262 e. The summed E-state index contributed by atoms with van der Waals surface area (Å²) in [5.74, 6) is 1.48. The molecule has 28 heavy (non-hydrogen) atoms. The quantitative estimate of drug-likeness (QED) is 0.561. The highest BCUT2D eigenvalue weighted by molar-refractivity contribution is 7.99. The average molecular weight is 399 g/mol. The molecule has 0 amide bonds. The third kappa shape index (κ3) is 3.60. The molecule has 3 aromatic rings. The molecule has 1 aromatic carbocycles. The van der Waals surface area contributed by atoms with Gasteiger partial charge in [0.15, 0.2) is 5.16 Å². The fraction of sp³-hybridized carbons (Fsp3) is 0.524. The van der Waals surface area contributed by atoms with Crippen LogP contribution in [0.2, 0.25) is 0 Å². The summed E-state index contributed by atoms with van der Waals surface area (Å²) in [4.78, 5) is 25.6. The summed E-state index contributed by atoms with van der Waals surface area (Å²) in [5, 5.41) is 9.99. The van der Waals surface area contributed by atoms with Crippen molar-refractivity contribution in [2.24, 2.45) is 5.92 Å². The van der Waals surface area contributed by atoms with Gasteiger partial charge in [0.05, 0.1) is 16.7 Å². The molecule has 0 saturated heterocycles. The Kier molecular flexibility index (Phi) is 5.80. The van der Waals surface area contributed by atoms with Crippen LogP contribution in [0.1, 0.15) is 51.9 Å². The number of para-hydroxylation sites is 1. The van der Waals surface area contributed by atoms with Crippen LogP contribution in [0.25, 0.3) is 16.7 Å². The molecule has 0 atom stereocenters. The number of carbonyl (C=O) groups excluding carboxylic acids is 1. The molecule has 7 heteroatoms. The molecule has 0 radical (unpaired) electrons. The van der Waals surface area contributed by atoms with E-state index in [0.29, 0.717) is 34.4 Å². The molecule has 2 aromatic heterocycles. The maximum absolute atomic E-state index is 13.0. The van der Waals surface area contributed by atoms with E-state index in [4.69, 9.17) is 0 Å². The van der Waals surface area contributed by atoms with Crippen LogP contribution in [0, 0.1) is 5.92 Å². The first-order chi connectivity index (χ1) is 13.7. The molecule has 1 aliphatic rings. The second-order valence-corrected chi connectivity index (χ2v) is 8.48. The SMILES string of the molecule is CCCCn1c(=O)c2ccccc2n2c(SCC(=O)C3CCCCC3)nnc12. The van der Waals surface area contributed by atoms with Gasteiger partial charge in [-0.15, -0.1) is 10.2 Å². The number of aryl methyl sites for hydroxylation is 1. The van der Waals surface area contributed by atoms with Crippen molar-refractivity contribution >= 4 is 34.2 Å². The summed E-state index contributed by atoms with van der Waals surface area (Å²) in [6.45, 7) is 2.72. The Labute approximate surface area is 168 Å². The van der Waals surface area contributed by atoms with Crippen LogP contribution in [0.15, 0.2) is 34.2 Å². The number of carbonyl (C=O) groups is 1. The highest BCUT2D eigenvalue weighted by Crippen LogP contribution is 2.27. The largest absolute Gasteiger partial charge is 0.298 e. The van der Waals surface area contributed by atoms with Gasteiger partial charge in [0.25, 0.3) is 5.56 Å². The summed E-state index contributed by atoms with van der Waals surface area (Å²) in [6.07, 6.45) is 7.49. The van der Waals surface area contributed by atoms with Crippen molar-refractivity contribution in [3.05, 3.63) is 34.6 Å². The zero-order chi connectivity index (χ0) is 19.5. The minimum Gasteiger partial charge on any atom is -0.298 e. The van der Waals surface area contributed by atoms with Gasteiger partial charge in [-0.1, -0.05) is 56.5 Å². The van der Waals surface area contributed by atoms with Crippen LogP contribution in [-0.2, 0) is 11.3 Å². The number of nitrogens with zero attached hydrogens (tertiary/aromatic N) is 4. The van der Waals surface area contributed by atoms with Crippen LogP contribution in [0.4, 0.5) is 0 Å². The maximum atomic E-state index is 13.0. The second-order valence-electron chi connectivity index (χ2n) is 7.54. The van der Waals surface area contributed by atoms with Gasteiger partial charge >= 0.3 is 0 Å². The standard InChI is InChI=1S/C21H26N4O2S/c1-2-3-13-24-19(27)16-11-7-8-12-17(16)25-20(24)22-23-21(25)28-14-18(26)15-9-5-4-6-10-15/h7-8,11-12,15H,2-6,9-10,13-14H2,1H3. The van der Waals surface area contributed by atoms with Crippen LogP contribution in [0.5, 0.6) is 0 Å². The van der Waals surface area contributed by atoms with E-state index >= 15 is 0 Å². The molecule has 1 saturated carbocycles. The first-order valence-corrected chi connectivity index (χ1v) is 11.2. The summed E-state index contributed by atoms with van der Waals surface area (Å²) in [6, 6.07) is 7.56. The number of aromatic nitrogens is 4. The van der Waals surface area contributed by atoms with E-state index in [1.165, 1.54) is 18.2 Å².